The second kappa shape index (κ2) is 12.0. The fourth-order valence-electron chi connectivity index (χ4n) is 4.87. The largest absolute Gasteiger partial charge is 0.489 e. The van der Waals surface area contributed by atoms with Crippen LogP contribution in [0.3, 0.4) is 0 Å². The summed E-state index contributed by atoms with van der Waals surface area (Å²) in [5.41, 5.74) is 2.98. The number of amides is 1. The van der Waals surface area contributed by atoms with E-state index < -0.39 is 0 Å². The van der Waals surface area contributed by atoms with Crippen molar-refractivity contribution in [2.75, 3.05) is 32.8 Å². The zero-order valence-electron chi connectivity index (χ0n) is 20.7. The Balaban J connectivity index is 1.01. The molecular formula is C30H34N2O4. The van der Waals surface area contributed by atoms with Gasteiger partial charge in [0.25, 0.3) is 5.91 Å². The van der Waals surface area contributed by atoms with Gasteiger partial charge in [0.15, 0.2) is 11.5 Å². The van der Waals surface area contributed by atoms with Gasteiger partial charge in [0, 0.05) is 24.2 Å². The molecule has 3 aromatic carbocycles. The number of benzene rings is 3. The Kier molecular flexibility index (Phi) is 8.03. The summed E-state index contributed by atoms with van der Waals surface area (Å²) in [6.45, 7) is 5.47. The lowest BCUT2D eigenvalue weighted by molar-refractivity contribution is 0.0947. The third-order valence-electron chi connectivity index (χ3n) is 6.95. The van der Waals surface area contributed by atoms with Gasteiger partial charge in [-0.1, -0.05) is 42.5 Å². The summed E-state index contributed by atoms with van der Waals surface area (Å²) in [6, 6.07) is 23.6. The van der Waals surface area contributed by atoms with E-state index in [2.05, 4.69) is 16.3 Å². The molecule has 6 nitrogen and oxygen atoms in total. The number of hydrogen-bond acceptors (Lipinski definition) is 5. The van der Waals surface area contributed by atoms with E-state index in [4.69, 9.17) is 14.2 Å². The lowest BCUT2D eigenvalue weighted by Gasteiger charge is -2.33. The molecule has 1 amide bonds. The summed E-state index contributed by atoms with van der Waals surface area (Å²) >= 11 is 0. The highest BCUT2D eigenvalue weighted by atomic mass is 16.6. The predicted octanol–water partition coefficient (Wildman–Crippen LogP) is 5.07. The van der Waals surface area contributed by atoms with Crippen LogP contribution in [0.15, 0.2) is 72.8 Å². The number of para-hydroxylation sites is 1. The maximum atomic E-state index is 12.6. The molecule has 0 aliphatic carbocycles. The third kappa shape index (κ3) is 6.38. The molecule has 36 heavy (non-hydrogen) atoms. The average molecular weight is 487 g/mol. The van der Waals surface area contributed by atoms with Crippen LogP contribution in [0.4, 0.5) is 0 Å². The molecule has 1 saturated heterocycles. The van der Waals surface area contributed by atoms with Crippen molar-refractivity contribution in [3.63, 3.8) is 0 Å². The normalized spacial score (nSPS) is 15.9. The Morgan fingerprint density at radius 1 is 0.917 bits per heavy atom. The van der Waals surface area contributed by atoms with Crippen LogP contribution in [-0.4, -0.2) is 43.7 Å². The SMILES string of the molecule is O=C(NCCC1CCN(Cc2cccc3c2OCCO3)CC1)c1ccc(OCc2ccccc2)cc1. The highest BCUT2D eigenvalue weighted by Gasteiger charge is 2.22. The van der Waals surface area contributed by atoms with Crippen LogP contribution < -0.4 is 19.5 Å². The van der Waals surface area contributed by atoms with Gasteiger partial charge in [0.1, 0.15) is 25.6 Å². The molecule has 0 saturated carbocycles. The topological polar surface area (TPSA) is 60.0 Å². The minimum absolute atomic E-state index is 0.0295. The Labute approximate surface area is 213 Å². The molecule has 2 aliphatic heterocycles. The number of carbonyl (C=O) groups is 1. The van der Waals surface area contributed by atoms with Crippen molar-refractivity contribution in [2.45, 2.75) is 32.4 Å². The van der Waals surface area contributed by atoms with Crippen LogP contribution in [0.2, 0.25) is 0 Å². The number of hydrogen-bond donors (Lipinski definition) is 1. The van der Waals surface area contributed by atoms with Gasteiger partial charge >= 0.3 is 0 Å². The lowest BCUT2D eigenvalue weighted by Crippen LogP contribution is -2.35. The molecule has 6 heteroatoms. The molecule has 5 rings (SSSR count). The van der Waals surface area contributed by atoms with Gasteiger partial charge in [-0.25, -0.2) is 0 Å². The zero-order chi connectivity index (χ0) is 24.6. The van der Waals surface area contributed by atoms with Crippen molar-refractivity contribution in [1.29, 1.82) is 0 Å². The number of nitrogens with zero attached hydrogens (tertiary/aromatic N) is 1. The van der Waals surface area contributed by atoms with E-state index in [0.29, 0.717) is 37.8 Å². The van der Waals surface area contributed by atoms with Gasteiger partial charge in [-0.3, -0.25) is 9.69 Å². The summed E-state index contributed by atoms with van der Waals surface area (Å²) < 4.78 is 17.4. The third-order valence-corrected chi connectivity index (χ3v) is 6.95. The minimum Gasteiger partial charge on any atom is -0.489 e. The highest BCUT2D eigenvalue weighted by molar-refractivity contribution is 5.94. The molecular weight excluding hydrogens is 452 g/mol. The molecule has 3 aromatic rings. The molecule has 0 spiro atoms. The van der Waals surface area contributed by atoms with Crippen LogP contribution in [0.25, 0.3) is 0 Å². The molecule has 0 radical (unpaired) electrons. The summed E-state index contributed by atoms with van der Waals surface area (Å²) in [5.74, 6) is 3.14. The van der Waals surface area contributed by atoms with Gasteiger partial charge in [-0.2, -0.15) is 0 Å². The van der Waals surface area contributed by atoms with Crippen molar-refractivity contribution >= 4 is 5.91 Å². The highest BCUT2D eigenvalue weighted by Crippen LogP contribution is 2.35. The maximum Gasteiger partial charge on any atom is 0.251 e. The molecule has 0 bridgehead atoms. The summed E-state index contributed by atoms with van der Waals surface area (Å²) in [5, 5.41) is 3.08. The van der Waals surface area contributed by atoms with Gasteiger partial charge in [0.2, 0.25) is 0 Å². The number of piperidine rings is 1. The van der Waals surface area contributed by atoms with E-state index in [1.54, 1.807) is 0 Å². The van der Waals surface area contributed by atoms with Gasteiger partial charge < -0.3 is 19.5 Å². The summed E-state index contributed by atoms with van der Waals surface area (Å²) in [6.07, 6.45) is 3.31. The first kappa shape index (κ1) is 24.2. The van der Waals surface area contributed by atoms with Crippen LogP contribution in [-0.2, 0) is 13.2 Å². The summed E-state index contributed by atoms with van der Waals surface area (Å²) in [4.78, 5) is 15.1. The number of likely N-dealkylation sites (tertiary alicyclic amines) is 1. The van der Waals surface area contributed by atoms with Crippen LogP contribution in [0, 0.1) is 5.92 Å². The first-order chi connectivity index (χ1) is 17.7. The van der Waals surface area contributed by atoms with Crippen molar-refractivity contribution in [1.82, 2.24) is 10.2 Å². The van der Waals surface area contributed by atoms with Gasteiger partial charge in [0.05, 0.1) is 0 Å². The van der Waals surface area contributed by atoms with E-state index in [1.165, 1.54) is 5.56 Å². The van der Waals surface area contributed by atoms with E-state index in [0.717, 1.165) is 61.7 Å². The number of carbonyl (C=O) groups excluding carboxylic acids is 1. The van der Waals surface area contributed by atoms with E-state index in [1.807, 2.05) is 66.7 Å². The number of ether oxygens (including phenoxy) is 3. The van der Waals surface area contributed by atoms with Crippen molar-refractivity contribution in [2.24, 2.45) is 5.92 Å². The quantitative estimate of drug-likeness (QED) is 0.458. The van der Waals surface area contributed by atoms with Gasteiger partial charge in [-0.05, 0) is 74.2 Å². The van der Waals surface area contributed by atoms with E-state index >= 15 is 0 Å². The zero-order valence-corrected chi connectivity index (χ0v) is 20.7. The Morgan fingerprint density at radius 2 is 1.69 bits per heavy atom. The lowest BCUT2D eigenvalue weighted by atomic mass is 9.93. The Morgan fingerprint density at radius 3 is 2.50 bits per heavy atom. The first-order valence-electron chi connectivity index (χ1n) is 12.9. The fraction of sp³-hybridized carbons (Fsp3) is 0.367. The van der Waals surface area contributed by atoms with Crippen LogP contribution >= 0.6 is 0 Å². The predicted molar refractivity (Wildman–Crippen MR) is 140 cm³/mol. The molecule has 188 valence electrons. The molecule has 2 heterocycles. The van der Waals surface area contributed by atoms with Crippen LogP contribution in [0.5, 0.6) is 17.2 Å². The standard InChI is InChI=1S/C30H34N2O4/c33-30(25-9-11-27(12-10-25)36-22-24-5-2-1-3-6-24)31-16-13-23-14-17-32(18-15-23)21-26-7-4-8-28-29(26)35-20-19-34-28/h1-12,23H,13-22H2,(H,31,33). The monoisotopic (exact) mass is 486 g/mol. The molecule has 0 unspecified atom stereocenters. The fourth-order valence-corrected chi connectivity index (χ4v) is 4.87. The molecule has 2 aliphatic rings. The minimum atomic E-state index is -0.0295. The van der Waals surface area contributed by atoms with E-state index in [-0.39, 0.29) is 5.91 Å². The Hall–Kier alpha value is -3.51. The molecule has 0 atom stereocenters. The van der Waals surface area contributed by atoms with Crippen molar-refractivity contribution in [3.8, 4) is 17.2 Å². The maximum absolute atomic E-state index is 12.6. The Bertz CT molecular complexity index is 1130. The average Bonchev–Trinajstić information content (AvgIpc) is 2.94. The summed E-state index contributed by atoms with van der Waals surface area (Å²) in [7, 11) is 0. The number of nitrogens with one attached hydrogen (secondary N) is 1. The van der Waals surface area contributed by atoms with Crippen molar-refractivity contribution in [3.05, 3.63) is 89.5 Å². The van der Waals surface area contributed by atoms with Crippen LogP contribution in [0.1, 0.15) is 40.7 Å². The second-order valence-corrected chi connectivity index (χ2v) is 9.50. The number of fused-ring (bicyclic) bond motifs is 1. The van der Waals surface area contributed by atoms with Crippen molar-refractivity contribution < 1.29 is 19.0 Å². The number of rotatable bonds is 9. The smallest absolute Gasteiger partial charge is 0.251 e. The second-order valence-electron chi connectivity index (χ2n) is 9.50. The first-order valence-corrected chi connectivity index (χ1v) is 12.9. The molecule has 0 aromatic heterocycles. The van der Waals surface area contributed by atoms with E-state index in [9.17, 15) is 4.79 Å². The molecule has 1 N–H and O–H groups in total. The van der Waals surface area contributed by atoms with Gasteiger partial charge in [-0.15, -0.1) is 0 Å². The molecule has 1 fully saturated rings.